The highest BCUT2D eigenvalue weighted by Crippen LogP contribution is 2.44. The van der Waals surface area contributed by atoms with Crippen LogP contribution in [0.25, 0.3) is 0 Å². The van der Waals surface area contributed by atoms with Crippen LogP contribution in [0.15, 0.2) is 0 Å². The van der Waals surface area contributed by atoms with Gasteiger partial charge in [-0.3, -0.25) is 0 Å². The molecule has 3 atom stereocenters. The second-order valence-corrected chi connectivity index (χ2v) is 6.19. The molecule has 0 aromatic heterocycles. The summed E-state index contributed by atoms with van der Waals surface area (Å²) in [4.78, 5) is 10.7. The van der Waals surface area contributed by atoms with Crippen molar-refractivity contribution in [2.24, 2.45) is 0 Å². The second-order valence-electron chi connectivity index (χ2n) is 3.32. The Bertz CT molecular complexity index is 226. The fourth-order valence-corrected chi connectivity index (χ4v) is 2.46. The fourth-order valence-electron chi connectivity index (χ4n) is 1.27. The van der Waals surface area contributed by atoms with Crippen molar-refractivity contribution in [3.05, 3.63) is 0 Å². The van der Waals surface area contributed by atoms with E-state index in [9.17, 15) is 4.79 Å². The van der Waals surface area contributed by atoms with E-state index in [1.807, 2.05) is 0 Å². The summed E-state index contributed by atoms with van der Waals surface area (Å²) in [6, 6.07) is 0. The lowest BCUT2D eigenvalue weighted by molar-refractivity contribution is -0.128. The van der Waals surface area contributed by atoms with Crippen molar-refractivity contribution in [1.29, 1.82) is 0 Å². The minimum absolute atomic E-state index is 0.106. The van der Waals surface area contributed by atoms with E-state index in [1.165, 1.54) is 6.92 Å². The highest BCUT2D eigenvalue weighted by molar-refractivity contribution is 6.68. The number of carbonyl (C=O) groups excluding carboxylic acids is 1. The van der Waals surface area contributed by atoms with Gasteiger partial charge < -0.3 is 9.53 Å². The van der Waals surface area contributed by atoms with Crippen molar-refractivity contribution in [3.8, 4) is 0 Å². The number of hydrogen-bond donors (Lipinski definition) is 0. The summed E-state index contributed by atoms with van der Waals surface area (Å²) in [6.07, 6.45) is 0.272. The van der Waals surface area contributed by atoms with E-state index < -0.39 is 9.90 Å². The molecule has 0 radical (unpaired) electrons. The van der Waals surface area contributed by atoms with Gasteiger partial charge in [0.05, 0.1) is 11.5 Å². The third-order valence-electron chi connectivity index (χ3n) is 2.07. The number of carbonyl (C=O) groups is 1. The van der Waals surface area contributed by atoms with Crippen LogP contribution in [0.3, 0.4) is 0 Å². The molecule has 1 rings (SSSR count). The number of alkyl halides is 4. The third-order valence-corrected chi connectivity index (χ3v) is 3.22. The number of hydrogen-bond acceptors (Lipinski definition) is 2. The lowest BCUT2D eigenvalue weighted by atomic mass is 9.99. The summed E-state index contributed by atoms with van der Waals surface area (Å²) >= 11 is 22.8. The Morgan fingerprint density at radius 2 is 2.00 bits per heavy atom. The van der Waals surface area contributed by atoms with Gasteiger partial charge in [0.25, 0.3) is 0 Å². The Hall–Kier alpha value is 0.790. The molecular formula is C8H10Cl4O2. The van der Waals surface area contributed by atoms with Crippen LogP contribution in [0.2, 0.25) is 0 Å². The Morgan fingerprint density at radius 1 is 1.43 bits per heavy atom. The molecule has 0 aromatic carbocycles. The van der Waals surface area contributed by atoms with Crippen LogP contribution in [0.1, 0.15) is 19.8 Å². The molecule has 1 aliphatic rings. The maximum absolute atomic E-state index is 10.7. The molecule has 2 nitrogen and oxygen atoms in total. The van der Waals surface area contributed by atoms with Crippen molar-refractivity contribution in [2.45, 2.75) is 41.1 Å². The number of ketones is 1. The quantitative estimate of drug-likeness (QED) is 0.742. The molecule has 1 aliphatic heterocycles. The minimum Gasteiger partial charge on any atom is -0.367 e. The molecular weight excluding hydrogens is 270 g/mol. The summed E-state index contributed by atoms with van der Waals surface area (Å²) in [5.74, 6) is 0.106. The molecule has 0 saturated carbocycles. The number of Topliss-reactive ketones (excluding diaryl/α,β-unsaturated/α-hetero) is 1. The van der Waals surface area contributed by atoms with Crippen molar-refractivity contribution in [2.75, 3.05) is 0 Å². The highest BCUT2D eigenvalue weighted by Gasteiger charge is 2.51. The van der Waals surface area contributed by atoms with Crippen LogP contribution in [-0.4, -0.2) is 27.2 Å². The summed E-state index contributed by atoms with van der Waals surface area (Å²) in [5.41, 5.74) is 0. The number of rotatable bonds is 3. The predicted molar refractivity (Wildman–Crippen MR) is 58.5 cm³/mol. The van der Waals surface area contributed by atoms with Gasteiger partial charge in [-0.25, -0.2) is 0 Å². The lowest BCUT2D eigenvalue weighted by Gasteiger charge is -2.44. The Kier molecular flexibility index (Phi) is 4.36. The van der Waals surface area contributed by atoms with Crippen LogP contribution in [-0.2, 0) is 9.53 Å². The number of ether oxygens (including phenoxy) is 1. The molecule has 3 unspecified atom stereocenters. The fraction of sp³-hybridized carbons (Fsp3) is 0.875. The molecule has 82 valence electrons. The lowest BCUT2D eigenvalue weighted by Crippen LogP contribution is -2.56. The van der Waals surface area contributed by atoms with E-state index in [2.05, 4.69) is 0 Å². The molecule has 0 bridgehead atoms. The Morgan fingerprint density at radius 3 is 2.36 bits per heavy atom. The zero-order valence-electron chi connectivity index (χ0n) is 7.47. The zero-order chi connectivity index (χ0) is 10.9. The van der Waals surface area contributed by atoms with Gasteiger partial charge >= 0.3 is 0 Å². The van der Waals surface area contributed by atoms with Gasteiger partial charge in [-0.15, -0.1) is 11.6 Å². The average molecular weight is 280 g/mol. The molecule has 0 amide bonds. The molecule has 14 heavy (non-hydrogen) atoms. The molecule has 0 aliphatic carbocycles. The summed E-state index contributed by atoms with van der Waals surface area (Å²) < 4.78 is 3.80. The minimum atomic E-state index is -1.49. The van der Waals surface area contributed by atoms with E-state index in [-0.39, 0.29) is 17.3 Å². The van der Waals surface area contributed by atoms with Crippen LogP contribution in [0.5, 0.6) is 0 Å². The van der Waals surface area contributed by atoms with E-state index >= 15 is 0 Å². The number of halogens is 4. The average Bonchev–Trinajstić information content (AvgIpc) is 1.98. The standard InChI is InChI=1S/C8H10Cl4O2/c1-4(13)2-3-5-6(9)7(14-5)8(10,11)12/h5-7H,2-3H2,1H3. The molecule has 0 aromatic rings. The van der Waals surface area contributed by atoms with Gasteiger partial charge in [0.15, 0.2) is 0 Å². The van der Waals surface area contributed by atoms with Crippen molar-refractivity contribution < 1.29 is 9.53 Å². The van der Waals surface area contributed by atoms with E-state index in [0.29, 0.717) is 12.8 Å². The van der Waals surface area contributed by atoms with Gasteiger partial charge in [-0.05, 0) is 13.3 Å². The first kappa shape index (κ1) is 12.9. The third kappa shape index (κ3) is 3.14. The van der Waals surface area contributed by atoms with E-state index in [1.54, 1.807) is 0 Å². The first-order valence-corrected chi connectivity index (χ1v) is 5.75. The second kappa shape index (κ2) is 4.75. The SMILES string of the molecule is CC(=O)CCC1OC(C(Cl)(Cl)Cl)C1Cl. The highest BCUT2D eigenvalue weighted by atomic mass is 35.6. The van der Waals surface area contributed by atoms with Gasteiger partial charge in [-0.1, -0.05) is 34.8 Å². The van der Waals surface area contributed by atoms with Crippen molar-refractivity contribution >= 4 is 52.2 Å². The molecule has 0 N–H and O–H groups in total. The van der Waals surface area contributed by atoms with Crippen LogP contribution < -0.4 is 0 Å². The maximum atomic E-state index is 10.7. The topological polar surface area (TPSA) is 26.3 Å². The van der Waals surface area contributed by atoms with Crippen molar-refractivity contribution in [1.82, 2.24) is 0 Å². The van der Waals surface area contributed by atoms with E-state index in [0.717, 1.165) is 0 Å². The van der Waals surface area contributed by atoms with Crippen LogP contribution >= 0.6 is 46.4 Å². The predicted octanol–water partition coefficient (Wildman–Crippen LogP) is 3.10. The Balaban J connectivity index is 2.33. The first-order chi connectivity index (χ1) is 6.32. The molecule has 1 heterocycles. The summed E-state index contributed by atoms with van der Waals surface area (Å²) in [6.45, 7) is 1.52. The largest absolute Gasteiger partial charge is 0.367 e. The van der Waals surface area contributed by atoms with Gasteiger partial charge in [-0.2, -0.15) is 0 Å². The maximum Gasteiger partial charge on any atom is 0.217 e. The molecule has 0 spiro atoms. The van der Waals surface area contributed by atoms with Gasteiger partial charge in [0, 0.05) is 6.42 Å². The van der Waals surface area contributed by atoms with Crippen LogP contribution in [0, 0.1) is 0 Å². The van der Waals surface area contributed by atoms with Gasteiger partial charge in [0.2, 0.25) is 3.79 Å². The summed E-state index contributed by atoms with van der Waals surface area (Å²) in [5, 5.41) is -0.332. The summed E-state index contributed by atoms with van der Waals surface area (Å²) in [7, 11) is 0. The van der Waals surface area contributed by atoms with E-state index in [4.69, 9.17) is 51.1 Å². The normalized spacial score (nSPS) is 32.5. The smallest absolute Gasteiger partial charge is 0.217 e. The zero-order valence-corrected chi connectivity index (χ0v) is 10.5. The monoisotopic (exact) mass is 278 g/mol. The molecule has 6 heteroatoms. The Labute approximate surface area is 103 Å². The molecule has 1 saturated heterocycles. The van der Waals surface area contributed by atoms with Gasteiger partial charge in [0.1, 0.15) is 11.9 Å². The molecule has 1 fully saturated rings. The first-order valence-electron chi connectivity index (χ1n) is 4.18. The van der Waals surface area contributed by atoms with Crippen molar-refractivity contribution in [3.63, 3.8) is 0 Å². The van der Waals surface area contributed by atoms with Crippen LogP contribution in [0.4, 0.5) is 0 Å².